The number of amides is 1. The summed E-state index contributed by atoms with van der Waals surface area (Å²) in [5.74, 6) is -0.153. The molecule has 0 spiro atoms. The fourth-order valence-corrected chi connectivity index (χ4v) is 3.47. The predicted molar refractivity (Wildman–Crippen MR) is 160 cm³/mol. The number of primary amides is 1. The first-order valence-electron chi connectivity index (χ1n) is 14.8. The molecule has 37 heavy (non-hydrogen) atoms. The van der Waals surface area contributed by atoms with Gasteiger partial charge in [0.15, 0.2) is 0 Å². The molecule has 228 valence electrons. The number of ether oxygens (including phenoxy) is 1. The van der Waals surface area contributed by atoms with Crippen molar-refractivity contribution in [3.05, 3.63) is 0 Å². The maximum absolute atomic E-state index is 10.6. The third kappa shape index (κ3) is 52.7. The van der Waals surface area contributed by atoms with Crippen molar-refractivity contribution in [2.45, 2.75) is 136 Å². The molecule has 0 heterocycles. The van der Waals surface area contributed by atoms with Crippen LogP contribution in [0, 0.1) is 0 Å². The Hall–Kier alpha value is -0.440. The van der Waals surface area contributed by atoms with Gasteiger partial charge in [-0.05, 0) is 39.9 Å². The summed E-state index contributed by atoms with van der Waals surface area (Å²) in [5.41, 5.74) is 5.11. The number of carbonyl (C=O) groups is 1. The van der Waals surface area contributed by atoms with Crippen LogP contribution < -0.4 is 5.73 Å². The van der Waals surface area contributed by atoms with Crippen LogP contribution in [-0.4, -0.2) is 79.3 Å². The summed E-state index contributed by atoms with van der Waals surface area (Å²) >= 11 is 0. The third-order valence-electron chi connectivity index (χ3n) is 5.66. The molecule has 1 amide bonds. The van der Waals surface area contributed by atoms with Gasteiger partial charge in [-0.2, -0.15) is 0 Å². The lowest BCUT2D eigenvalue weighted by molar-refractivity contribution is -0.118. The molecular formula is C29H65ClN2O5. The highest BCUT2D eigenvalue weighted by molar-refractivity contribution is 5.85. The number of halogens is 1. The topological polar surface area (TPSA) is 116 Å². The number of nitrogens with zero attached hydrogens (tertiary/aromatic N) is 1. The highest BCUT2D eigenvalue weighted by Crippen LogP contribution is 2.13. The number of carbonyl (C=O) groups excluding carboxylic acids is 1. The van der Waals surface area contributed by atoms with Crippen molar-refractivity contribution in [2.24, 2.45) is 5.73 Å². The average Bonchev–Trinajstić information content (AvgIpc) is 2.85. The molecule has 5 N–H and O–H groups in total. The number of hydrogen-bond donors (Lipinski definition) is 4. The number of aliphatic hydroxyl groups is 3. The molecule has 0 saturated heterocycles. The number of unbranched alkanes of at least 4 members (excludes halogenated alkanes) is 14. The molecule has 1 atom stereocenters. The van der Waals surface area contributed by atoms with Crippen molar-refractivity contribution in [3.63, 3.8) is 0 Å². The van der Waals surface area contributed by atoms with Crippen LogP contribution in [0.4, 0.5) is 0 Å². The van der Waals surface area contributed by atoms with Crippen LogP contribution in [0.1, 0.15) is 129 Å². The van der Waals surface area contributed by atoms with E-state index in [2.05, 4.69) is 11.8 Å². The predicted octanol–water partition coefficient (Wildman–Crippen LogP) is 5.85. The molecule has 0 aliphatic rings. The number of hydrogen-bond acceptors (Lipinski definition) is 6. The van der Waals surface area contributed by atoms with Crippen LogP contribution in [0.25, 0.3) is 0 Å². The molecule has 0 fully saturated rings. The van der Waals surface area contributed by atoms with Crippen molar-refractivity contribution < 1.29 is 24.9 Å². The fourth-order valence-electron chi connectivity index (χ4n) is 3.47. The van der Waals surface area contributed by atoms with Crippen molar-refractivity contribution in [2.75, 3.05) is 47.1 Å². The van der Waals surface area contributed by atoms with Gasteiger partial charge in [-0.1, -0.05) is 104 Å². The normalized spacial score (nSPS) is 11.1. The van der Waals surface area contributed by atoms with Gasteiger partial charge < -0.3 is 30.7 Å². The quantitative estimate of drug-likeness (QED) is 0.111. The summed E-state index contributed by atoms with van der Waals surface area (Å²) in [5, 5.41) is 25.3. The maximum atomic E-state index is 10.6. The van der Waals surface area contributed by atoms with Gasteiger partial charge in [0.25, 0.3) is 0 Å². The molecule has 0 rings (SSSR count). The van der Waals surface area contributed by atoms with Crippen LogP contribution in [0.2, 0.25) is 0 Å². The van der Waals surface area contributed by atoms with E-state index in [9.17, 15) is 4.79 Å². The summed E-state index contributed by atoms with van der Waals surface area (Å²) in [6.45, 7) is 6.23. The Bertz CT molecular complexity index is 404. The van der Waals surface area contributed by atoms with Gasteiger partial charge in [0.2, 0.25) is 5.91 Å². The highest BCUT2D eigenvalue weighted by atomic mass is 35.5. The molecule has 0 aromatic rings. The molecule has 8 heteroatoms. The lowest BCUT2D eigenvalue weighted by Gasteiger charge is -2.05. The van der Waals surface area contributed by atoms with Gasteiger partial charge in [0.1, 0.15) is 6.10 Å². The standard InChI is InChI=1S/C18H37NO.C6H14O3.C5H13NO.ClH/c1-2-3-4-5-6-7-8-9-10-11-12-13-14-15-16-17-18(19)20;1-2-3-9-5-6(8)4-7;1-6(2)4-3-5-7;/h2-17H2,1H3,(H2,19,20);6-8H,2-5H2,1H3;7H,3-5H2,1-2H3;1H. The number of aliphatic hydroxyl groups excluding tert-OH is 3. The number of rotatable bonds is 24. The van der Waals surface area contributed by atoms with Gasteiger partial charge in [-0.3, -0.25) is 4.79 Å². The van der Waals surface area contributed by atoms with Gasteiger partial charge >= 0.3 is 0 Å². The molecule has 0 bridgehead atoms. The first kappa shape index (κ1) is 43.6. The molecule has 0 saturated carbocycles. The first-order valence-corrected chi connectivity index (χ1v) is 14.8. The van der Waals surface area contributed by atoms with Crippen LogP contribution in [0.15, 0.2) is 0 Å². The summed E-state index contributed by atoms with van der Waals surface area (Å²) in [7, 11) is 3.99. The van der Waals surface area contributed by atoms with Crippen molar-refractivity contribution in [3.8, 4) is 0 Å². The lowest BCUT2D eigenvalue weighted by atomic mass is 10.0. The van der Waals surface area contributed by atoms with E-state index in [0.29, 0.717) is 19.6 Å². The Morgan fingerprint density at radius 2 is 1.19 bits per heavy atom. The Morgan fingerprint density at radius 1 is 0.757 bits per heavy atom. The molecule has 0 aromatic carbocycles. The van der Waals surface area contributed by atoms with Gasteiger partial charge in [0, 0.05) is 19.6 Å². The van der Waals surface area contributed by atoms with E-state index in [1.54, 1.807) is 0 Å². The summed E-state index contributed by atoms with van der Waals surface area (Å²) in [4.78, 5) is 12.6. The zero-order valence-electron chi connectivity index (χ0n) is 24.9. The molecule has 0 radical (unpaired) electrons. The van der Waals surface area contributed by atoms with E-state index in [0.717, 1.165) is 25.8 Å². The molecule has 1 unspecified atom stereocenters. The largest absolute Gasteiger partial charge is 0.396 e. The van der Waals surface area contributed by atoms with E-state index in [-0.39, 0.29) is 31.5 Å². The summed E-state index contributed by atoms with van der Waals surface area (Å²) < 4.78 is 4.93. The smallest absolute Gasteiger partial charge is 0.217 e. The summed E-state index contributed by atoms with van der Waals surface area (Å²) in [6, 6.07) is 0. The van der Waals surface area contributed by atoms with Crippen LogP contribution in [0.3, 0.4) is 0 Å². The second kappa shape index (κ2) is 40.1. The van der Waals surface area contributed by atoms with Crippen LogP contribution >= 0.6 is 12.4 Å². The monoisotopic (exact) mass is 556 g/mol. The maximum Gasteiger partial charge on any atom is 0.217 e. The van der Waals surface area contributed by atoms with E-state index >= 15 is 0 Å². The number of nitrogens with two attached hydrogens (primary N) is 1. The van der Waals surface area contributed by atoms with Crippen molar-refractivity contribution in [1.82, 2.24) is 4.90 Å². The molecule has 0 aromatic heterocycles. The zero-order chi connectivity index (χ0) is 27.7. The van der Waals surface area contributed by atoms with E-state index < -0.39 is 6.10 Å². The van der Waals surface area contributed by atoms with E-state index in [1.165, 1.54) is 89.9 Å². The Morgan fingerprint density at radius 3 is 1.49 bits per heavy atom. The molecular weight excluding hydrogens is 492 g/mol. The third-order valence-corrected chi connectivity index (χ3v) is 5.66. The SMILES string of the molecule is CCCCCCCCCCCCCCCCCC(N)=O.CCCOCC(O)CO.CN(C)CCCO.Cl. The van der Waals surface area contributed by atoms with Crippen LogP contribution in [-0.2, 0) is 9.53 Å². The molecule has 0 aliphatic heterocycles. The fraction of sp³-hybridized carbons (Fsp3) is 0.966. The second-order valence-corrected chi connectivity index (χ2v) is 9.96. The Labute approximate surface area is 236 Å². The highest BCUT2D eigenvalue weighted by Gasteiger charge is 1.99. The minimum absolute atomic E-state index is 0. The minimum atomic E-state index is -0.712. The second-order valence-electron chi connectivity index (χ2n) is 9.96. The Balaban J connectivity index is -0.000000265. The molecule has 0 aliphatic carbocycles. The lowest BCUT2D eigenvalue weighted by Crippen LogP contribution is -2.19. The average molecular weight is 557 g/mol. The van der Waals surface area contributed by atoms with Crippen LogP contribution in [0.5, 0.6) is 0 Å². The van der Waals surface area contributed by atoms with Gasteiger partial charge in [-0.25, -0.2) is 0 Å². The van der Waals surface area contributed by atoms with Crippen molar-refractivity contribution in [1.29, 1.82) is 0 Å². The first-order chi connectivity index (χ1) is 17.3. The Kier molecular flexibility index (Phi) is 47.2. The van der Waals surface area contributed by atoms with E-state index in [1.807, 2.05) is 21.0 Å². The van der Waals surface area contributed by atoms with Crippen molar-refractivity contribution >= 4 is 18.3 Å². The molecule has 7 nitrogen and oxygen atoms in total. The van der Waals surface area contributed by atoms with Gasteiger partial charge in [0.05, 0.1) is 13.2 Å². The zero-order valence-corrected chi connectivity index (χ0v) is 25.7. The van der Waals surface area contributed by atoms with Gasteiger partial charge in [-0.15, -0.1) is 12.4 Å². The van der Waals surface area contributed by atoms with E-state index in [4.69, 9.17) is 25.8 Å². The summed E-state index contributed by atoms with van der Waals surface area (Å²) in [6.07, 6.45) is 22.0. The minimum Gasteiger partial charge on any atom is -0.396 e.